The smallest absolute Gasteiger partial charge is 0.0490 e. The molecule has 0 aromatic carbocycles. The molecule has 2 unspecified atom stereocenters. The highest BCUT2D eigenvalue weighted by molar-refractivity contribution is 5.11. The van der Waals surface area contributed by atoms with Gasteiger partial charge in [-0.05, 0) is 50.4 Å². The number of aromatic amines is 1. The van der Waals surface area contributed by atoms with Gasteiger partial charge in [-0.25, -0.2) is 0 Å². The van der Waals surface area contributed by atoms with E-state index in [1.165, 1.54) is 30.6 Å². The van der Waals surface area contributed by atoms with Crippen LogP contribution in [0.3, 0.4) is 0 Å². The van der Waals surface area contributed by atoms with Gasteiger partial charge < -0.3 is 0 Å². The second-order valence-corrected chi connectivity index (χ2v) is 5.76. The number of hydrogen-bond acceptors (Lipinski definition) is 3. The van der Waals surface area contributed by atoms with Crippen LogP contribution in [-0.4, -0.2) is 39.2 Å². The van der Waals surface area contributed by atoms with E-state index >= 15 is 0 Å². The molecule has 0 radical (unpaired) electrons. The zero-order chi connectivity index (χ0) is 13.8. The average Bonchev–Trinajstić information content (AvgIpc) is 3.03. The number of pyridine rings is 1. The van der Waals surface area contributed by atoms with E-state index in [-0.39, 0.29) is 0 Å². The largest absolute Gasteiger partial charge is 0.300 e. The molecule has 2 atom stereocenters. The molecular formula is C16H22N4. The molecule has 3 rings (SSSR count). The summed E-state index contributed by atoms with van der Waals surface area (Å²) in [4.78, 5) is 6.81. The van der Waals surface area contributed by atoms with Crippen LogP contribution in [0.2, 0.25) is 0 Å². The van der Waals surface area contributed by atoms with Gasteiger partial charge in [-0.2, -0.15) is 5.10 Å². The second-order valence-electron chi connectivity index (χ2n) is 5.76. The molecule has 0 aliphatic carbocycles. The van der Waals surface area contributed by atoms with Crippen LogP contribution < -0.4 is 0 Å². The summed E-state index contributed by atoms with van der Waals surface area (Å²) in [6.45, 7) is 4.65. The molecule has 106 valence electrons. The maximum atomic E-state index is 4.21. The highest BCUT2D eigenvalue weighted by Crippen LogP contribution is 2.27. The predicted molar refractivity (Wildman–Crippen MR) is 79.5 cm³/mol. The number of hydrogen-bond donors (Lipinski definition) is 1. The quantitative estimate of drug-likeness (QED) is 0.929. The van der Waals surface area contributed by atoms with Crippen LogP contribution >= 0.6 is 0 Å². The number of nitrogens with one attached hydrogen (secondary N) is 1. The molecule has 0 amide bonds. The van der Waals surface area contributed by atoms with Crippen molar-refractivity contribution in [1.82, 2.24) is 20.1 Å². The Balaban J connectivity index is 1.62. The highest BCUT2D eigenvalue weighted by atomic mass is 15.2. The summed E-state index contributed by atoms with van der Waals surface area (Å²) in [6, 6.07) is 6.86. The van der Waals surface area contributed by atoms with E-state index in [2.05, 4.69) is 39.1 Å². The second kappa shape index (κ2) is 6.18. The van der Waals surface area contributed by atoms with Gasteiger partial charge in [0.2, 0.25) is 0 Å². The van der Waals surface area contributed by atoms with Crippen molar-refractivity contribution in [3.8, 4) is 0 Å². The summed E-state index contributed by atoms with van der Waals surface area (Å²) < 4.78 is 0. The van der Waals surface area contributed by atoms with Crippen molar-refractivity contribution in [2.45, 2.75) is 38.1 Å². The maximum Gasteiger partial charge on any atom is 0.0490 e. The zero-order valence-corrected chi connectivity index (χ0v) is 12.0. The molecule has 0 bridgehead atoms. The Kier molecular flexibility index (Phi) is 4.11. The van der Waals surface area contributed by atoms with Crippen molar-refractivity contribution < 1.29 is 0 Å². The van der Waals surface area contributed by atoms with Crippen molar-refractivity contribution in [2.75, 3.05) is 13.1 Å². The van der Waals surface area contributed by atoms with Gasteiger partial charge in [-0.3, -0.25) is 15.0 Å². The van der Waals surface area contributed by atoms with Gasteiger partial charge >= 0.3 is 0 Å². The summed E-state index contributed by atoms with van der Waals surface area (Å²) in [6.07, 6.45) is 9.27. The third-order valence-electron chi connectivity index (χ3n) is 4.29. The fraction of sp³-hybridized carbons (Fsp3) is 0.500. The van der Waals surface area contributed by atoms with Gasteiger partial charge in [0.25, 0.3) is 0 Å². The van der Waals surface area contributed by atoms with Crippen molar-refractivity contribution in [2.24, 2.45) is 0 Å². The number of aromatic nitrogens is 3. The molecule has 4 heteroatoms. The SMILES string of the molecule is CC(Cc1cccnc1)N1CCCC(c2ccn[nH]2)C1. The van der Waals surface area contributed by atoms with Gasteiger partial charge in [0.05, 0.1) is 0 Å². The van der Waals surface area contributed by atoms with Crippen LogP contribution in [0.15, 0.2) is 36.8 Å². The lowest BCUT2D eigenvalue weighted by Crippen LogP contribution is -2.41. The molecule has 20 heavy (non-hydrogen) atoms. The van der Waals surface area contributed by atoms with E-state index in [1.54, 1.807) is 0 Å². The Morgan fingerprint density at radius 2 is 2.35 bits per heavy atom. The third kappa shape index (κ3) is 3.07. The Bertz CT molecular complexity index is 509. The van der Waals surface area contributed by atoms with Crippen LogP contribution in [0.5, 0.6) is 0 Å². The molecular weight excluding hydrogens is 248 g/mol. The molecule has 1 N–H and O–H groups in total. The minimum atomic E-state index is 0.560. The van der Waals surface area contributed by atoms with E-state index in [0.717, 1.165) is 13.0 Å². The van der Waals surface area contributed by atoms with Crippen LogP contribution in [0.1, 0.15) is 36.9 Å². The van der Waals surface area contributed by atoms with Crippen LogP contribution in [0.4, 0.5) is 0 Å². The summed E-state index contributed by atoms with van der Waals surface area (Å²) in [5.41, 5.74) is 2.60. The van der Waals surface area contributed by atoms with Crippen molar-refractivity contribution >= 4 is 0 Å². The summed E-state index contributed by atoms with van der Waals surface area (Å²) in [5.74, 6) is 0.600. The standard InChI is InChI=1S/C16H22N4/c1-13(10-14-4-2-7-17-11-14)20-9-3-5-15(12-20)16-6-8-18-19-16/h2,4,6-8,11,13,15H,3,5,9-10,12H2,1H3,(H,18,19). The molecule has 2 aromatic heterocycles. The van der Waals surface area contributed by atoms with Crippen molar-refractivity contribution in [1.29, 1.82) is 0 Å². The zero-order valence-electron chi connectivity index (χ0n) is 12.0. The van der Waals surface area contributed by atoms with E-state index in [9.17, 15) is 0 Å². The van der Waals surface area contributed by atoms with Gasteiger partial charge in [-0.15, -0.1) is 0 Å². The summed E-state index contributed by atoms with van der Waals surface area (Å²) in [7, 11) is 0. The maximum absolute atomic E-state index is 4.21. The summed E-state index contributed by atoms with van der Waals surface area (Å²) in [5, 5.41) is 7.21. The Hall–Kier alpha value is -1.68. The molecule has 1 aliphatic rings. The number of likely N-dealkylation sites (tertiary alicyclic amines) is 1. The fourth-order valence-corrected chi connectivity index (χ4v) is 3.14. The molecule has 1 saturated heterocycles. The van der Waals surface area contributed by atoms with Crippen LogP contribution in [0.25, 0.3) is 0 Å². The van der Waals surface area contributed by atoms with Crippen molar-refractivity contribution in [3.63, 3.8) is 0 Å². The van der Waals surface area contributed by atoms with Gasteiger partial charge in [0.15, 0.2) is 0 Å². The number of rotatable bonds is 4. The lowest BCUT2D eigenvalue weighted by molar-refractivity contribution is 0.155. The van der Waals surface area contributed by atoms with Crippen LogP contribution in [0, 0.1) is 0 Å². The number of nitrogens with zero attached hydrogens (tertiary/aromatic N) is 3. The van der Waals surface area contributed by atoms with Gasteiger partial charge in [0, 0.05) is 42.8 Å². The van der Waals surface area contributed by atoms with Crippen molar-refractivity contribution in [3.05, 3.63) is 48.0 Å². The third-order valence-corrected chi connectivity index (χ3v) is 4.29. The minimum absolute atomic E-state index is 0.560. The molecule has 2 aromatic rings. The topological polar surface area (TPSA) is 44.8 Å². The van der Waals surface area contributed by atoms with E-state index in [4.69, 9.17) is 0 Å². The lowest BCUT2D eigenvalue weighted by atomic mass is 9.93. The molecule has 3 heterocycles. The first-order valence-electron chi connectivity index (χ1n) is 7.45. The molecule has 1 fully saturated rings. The Morgan fingerprint density at radius 1 is 1.40 bits per heavy atom. The van der Waals surface area contributed by atoms with Crippen LogP contribution in [-0.2, 0) is 6.42 Å². The van der Waals surface area contributed by atoms with Gasteiger partial charge in [0.1, 0.15) is 0 Å². The van der Waals surface area contributed by atoms with Gasteiger partial charge in [-0.1, -0.05) is 6.07 Å². The fourth-order valence-electron chi connectivity index (χ4n) is 3.14. The first kappa shape index (κ1) is 13.3. The number of piperidine rings is 1. The average molecular weight is 270 g/mol. The lowest BCUT2D eigenvalue weighted by Gasteiger charge is -2.36. The Morgan fingerprint density at radius 3 is 3.10 bits per heavy atom. The first-order chi connectivity index (χ1) is 9.83. The Labute approximate surface area is 120 Å². The molecule has 0 spiro atoms. The highest BCUT2D eigenvalue weighted by Gasteiger charge is 2.25. The normalized spacial score (nSPS) is 21.8. The predicted octanol–water partition coefficient (Wildman–Crippen LogP) is 2.62. The minimum Gasteiger partial charge on any atom is -0.300 e. The van der Waals surface area contributed by atoms with E-state index in [0.29, 0.717) is 12.0 Å². The number of H-pyrrole nitrogens is 1. The van der Waals surface area contributed by atoms with E-state index < -0.39 is 0 Å². The molecule has 0 saturated carbocycles. The molecule has 4 nitrogen and oxygen atoms in total. The van der Waals surface area contributed by atoms with E-state index in [1.807, 2.05) is 24.7 Å². The molecule has 1 aliphatic heterocycles. The monoisotopic (exact) mass is 270 g/mol. The summed E-state index contributed by atoms with van der Waals surface area (Å²) >= 11 is 0. The first-order valence-corrected chi connectivity index (χ1v) is 7.45.